The number of hydrogen-bond acceptors (Lipinski definition) is 5. The number of carbonyl (C=O) groups excluding carboxylic acids is 2. The molecule has 1 atom stereocenters. The van der Waals surface area contributed by atoms with E-state index >= 15 is 0 Å². The fourth-order valence-electron chi connectivity index (χ4n) is 2.67. The van der Waals surface area contributed by atoms with E-state index < -0.39 is 17.4 Å². The molecule has 1 aromatic rings. The molecule has 0 unspecified atom stereocenters. The Morgan fingerprint density at radius 3 is 2.86 bits per heavy atom. The molecule has 0 aliphatic heterocycles. The van der Waals surface area contributed by atoms with Crippen molar-refractivity contribution < 1.29 is 19.2 Å². The quantitative estimate of drug-likeness (QED) is 0.372. The fourth-order valence-corrected chi connectivity index (χ4v) is 2.86. The van der Waals surface area contributed by atoms with E-state index in [2.05, 4.69) is 9.99 Å². The van der Waals surface area contributed by atoms with Crippen LogP contribution < -0.4 is 0 Å². The lowest BCUT2D eigenvalue weighted by atomic mass is 9.70. The predicted molar refractivity (Wildman–Crippen MR) is 78.3 cm³/mol. The van der Waals surface area contributed by atoms with Gasteiger partial charge in [0.1, 0.15) is 5.41 Å². The van der Waals surface area contributed by atoms with E-state index in [9.17, 15) is 9.59 Å². The molecule has 21 heavy (non-hydrogen) atoms. The first-order valence-corrected chi connectivity index (χ1v) is 6.97. The number of ether oxygens (including phenoxy) is 1. The molecule has 0 radical (unpaired) electrons. The Balaban J connectivity index is 2.50. The van der Waals surface area contributed by atoms with Gasteiger partial charge in [0.05, 0.1) is 13.3 Å². The molecule has 0 saturated carbocycles. The Morgan fingerprint density at radius 1 is 1.43 bits per heavy atom. The number of carbonyl (C=O) groups is 2. The largest absolute Gasteiger partial charge is 0.468 e. The molecule has 0 amide bonds. The smallest absolute Gasteiger partial charge is 0.331 e. The number of esters is 1. The van der Waals surface area contributed by atoms with Crippen LogP contribution in [-0.4, -0.2) is 25.3 Å². The lowest BCUT2D eigenvalue weighted by molar-refractivity contribution is -0.146. The van der Waals surface area contributed by atoms with Crippen LogP contribution in [0, 0.1) is 0 Å². The van der Waals surface area contributed by atoms with Crippen LogP contribution in [0.2, 0.25) is 5.02 Å². The van der Waals surface area contributed by atoms with E-state index in [1.54, 1.807) is 12.1 Å². The molecule has 1 aliphatic rings. The van der Waals surface area contributed by atoms with Crippen LogP contribution in [0.15, 0.2) is 23.4 Å². The van der Waals surface area contributed by atoms with Gasteiger partial charge < -0.3 is 9.57 Å². The lowest BCUT2D eigenvalue weighted by Gasteiger charge is -2.33. The average Bonchev–Trinajstić information content (AvgIpc) is 2.45. The van der Waals surface area contributed by atoms with Crippen molar-refractivity contribution in [1.82, 2.24) is 0 Å². The highest BCUT2D eigenvalue weighted by molar-refractivity contribution is 6.30. The number of hydrogen-bond donors (Lipinski definition) is 0. The first kappa shape index (κ1) is 15.5. The van der Waals surface area contributed by atoms with Gasteiger partial charge in [0.2, 0.25) is 0 Å². The summed E-state index contributed by atoms with van der Waals surface area (Å²) in [5, 5.41) is 4.27. The van der Waals surface area contributed by atoms with E-state index in [4.69, 9.17) is 16.3 Å². The zero-order valence-corrected chi connectivity index (χ0v) is 12.6. The van der Waals surface area contributed by atoms with Crippen LogP contribution in [-0.2, 0) is 31.0 Å². The Hall–Kier alpha value is -1.88. The van der Waals surface area contributed by atoms with Gasteiger partial charge in [-0.15, -0.1) is 0 Å². The van der Waals surface area contributed by atoms with Gasteiger partial charge in [-0.2, -0.15) is 0 Å². The molecule has 0 heterocycles. The van der Waals surface area contributed by atoms with Crippen LogP contribution in [0.25, 0.3) is 0 Å². The van der Waals surface area contributed by atoms with Crippen molar-refractivity contribution in [3.05, 3.63) is 34.3 Å². The summed E-state index contributed by atoms with van der Waals surface area (Å²) < 4.78 is 4.93. The molecule has 0 bridgehead atoms. The van der Waals surface area contributed by atoms with Crippen LogP contribution in [0.4, 0.5) is 0 Å². The van der Waals surface area contributed by atoms with Crippen LogP contribution in [0.5, 0.6) is 0 Å². The van der Waals surface area contributed by atoms with Gasteiger partial charge in [0, 0.05) is 11.9 Å². The summed E-state index contributed by atoms with van der Waals surface area (Å²) in [7, 11) is 1.33. The lowest BCUT2D eigenvalue weighted by Crippen LogP contribution is -2.41. The third-order valence-corrected chi connectivity index (χ3v) is 3.80. The number of fused-ring (bicyclic) bond motifs is 1. The van der Waals surface area contributed by atoms with Gasteiger partial charge in [-0.05, 0) is 42.5 Å². The zero-order chi connectivity index (χ0) is 15.5. The zero-order valence-electron chi connectivity index (χ0n) is 11.9. The fraction of sp³-hybridized carbons (Fsp3) is 0.400. The van der Waals surface area contributed by atoms with Crippen molar-refractivity contribution >= 4 is 29.8 Å². The van der Waals surface area contributed by atoms with E-state index in [0.717, 1.165) is 24.0 Å². The van der Waals surface area contributed by atoms with E-state index in [1.807, 2.05) is 6.07 Å². The van der Waals surface area contributed by atoms with Gasteiger partial charge in [0.15, 0.2) is 0 Å². The summed E-state index contributed by atoms with van der Waals surface area (Å²) in [6.45, 7) is 1.25. The highest BCUT2D eigenvalue weighted by atomic mass is 35.5. The third-order valence-electron chi connectivity index (χ3n) is 3.57. The van der Waals surface area contributed by atoms with Crippen molar-refractivity contribution in [2.24, 2.45) is 5.16 Å². The van der Waals surface area contributed by atoms with Gasteiger partial charge in [-0.25, -0.2) is 4.79 Å². The van der Waals surface area contributed by atoms with Crippen molar-refractivity contribution in [3.8, 4) is 0 Å². The molecule has 0 N–H and O–H groups in total. The minimum absolute atomic E-state index is 0.429. The van der Waals surface area contributed by atoms with Gasteiger partial charge in [0.25, 0.3) is 0 Å². The summed E-state index contributed by atoms with van der Waals surface area (Å²) in [5.74, 6) is -0.972. The van der Waals surface area contributed by atoms with Crippen molar-refractivity contribution in [2.75, 3.05) is 7.11 Å². The maximum absolute atomic E-state index is 12.3. The van der Waals surface area contributed by atoms with Crippen LogP contribution in [0.1, 0.15) is 30.9 Å². The molecule has 0 fully saturated rings. The summed E-state index contributed by atoms with van der Waals surface area (Å²) in [5.41, 5.74) is 0.733. The second-order valence-corrected chi connectivity index (χ2v) is 5.37. The molecule has 0 aromatic heterocycles. The summed E-state index contributed by atoms with van der Waals surface area (Å²) in [4.78, 5) is 27.8. The van der Waals surface area contributed by atoms with Gasteiger partial charge >= 0.3 is 11.9 Å². The van der Waals surface area contributed by atoms with Crippen molar-refractivity contribution in [3.63, 3.8) is 0 Å². The molecular weight excluding hydrogens is 294 g/mol. The maximum atomic E-state index is 12.3. The average molecular weight is 310 g/mol. The minimum Gasteiger partial charge on any atom is -0.468 e. The highest BCUT2D eigenvalue weighted by Gasteiger charge is 2.43. The Kier molecular flexibility index (Phi) is 4.63. The number of oxime groups is 1. The maximum Gasteiger partial charge on any atom is 0.331 e. The molecule has 0 spiro atoms. The summed E-state index contributed by atoms with van der Waals surface area (Å²) in [6.07, 6.45) is 3.51. The Morgan fingerprint density at radius 2 is 2.19 bits per heavy atom. The van der Waals surface area contributed by atoms with Crippen LogP contribution in [0.3, 0.4) is 0 Å². The number of aryl methyl sites for hydroxylation is 1. The third kappa shape index (κ3) is 3.08. The molecule has 112 valence electrons. The molecular formula is C15H16ClNO4. The molecule has 1 aliphatic carbocycles. The number of methoxy groups -OCH3 is 1. The number of benzene rings is 1. The highest BCUT2D eigenvalue weighted by Crippen LogP contribution is 2.38. The Bertz CT molecular complexity index is 599. The normalized spacial score (nSPS) is 20.9. The van der Waals surface area contributed by atoms with E-state index in [1.165, 1.54) is 20.2 Å². The minimum atomic E-state index is -1.04. The monoisotopic (exact) mass is 309 g/mol. The van der Waals surface area contributed by atoms with E-state index in [-0.39, 0.29) is 0 Å². The van der Waals surface area contributed by atoms with Crippen LogP contribution >= 0.6 is 11.6 Å². The molecule has 2 rings (SSSR count). The number of nitrogens with zero attached hydrogens (tertiary/aromatic N) is 1. The summed E-state index contributed by atoms with van der Waals surface area (Å²) in [6, 6.07) is 5.37. The van der Waals surface area contributed by atoms with Gasteiger partial charge in [-0.1, -0.05) is 22.8 Å². The molecule has 5 nitrogen and oxygen atoms in total. The molecule has 0 saturated heterocycles. The second kappa shape index (κ2) is 6.26. The Labute approximate surface area is 127 Å². The topological polar surface area (TPSA) is 65.0 Å². The predicted octanol–water partition coefficient (Wildman–Crippen LogP) is 2.64. The first-order valence-electron chi connectivity index (χ1n) is 6.59. The summed E-state index contributed by atoms with van der Waals surface area (Å²) >= 11 is 6.01. The molecule has 6 heteroatoms. The van der Waals surface area contributed by atoms with Gasteiger partial charge in [-0.3, -0.25) is 4.79 Å². The SMILES string of the molecule is COC(=O)[C@@]1(C=NOC(C)=O)CCCc2cc(Cl)ccc21. The van der Waals surface area contributed by atoms with Crippen molar-refractivity contribution in [2.45, 2.75) is 31.6 Å². The standard InChI is InChI=1S/C15H16ClNO4/c1-10(18)21-17-9-15(14(19)20-2)7-3-4-11-8-12(16)5-6-13(11)15/h5-6,8-9H,3-4,7H2,1-2H3/t15-/m1/s1. The first-order chi connectivity index (χ1) is 9.99. The number of halogens is 1. The van der Waals surface area contributed by atoms with Crippen molar-refractivity contribution in [1.29, 1.82) is 0 Å². The van der Waals surface area contributed by atoms with E-state index in [0.29, 0.717) is 11.4 Å². The molecule has 1 aromatic carbocycles. The number of rotatable bonds is 3. The second-order valence-electron chi connectivity index (χ2n) is 4.94.